The molecule has 11 nitrogen and oxygen atoms in total. The fourth-order valence-electron chi connectivity index (χ4n) is 4.91. The fourth-order valence-corrected chi connectivity index (χ4v) is 4.91. The molecule has 2 aromatic rings. The van der Waals surface area contributed by atoms with E-state index in [0.717, 1.165) is 5.56 Å². The van der Waals surface area contributed by atoms with Crippen molar-refractivity contribution >= 4 is 24.2 Å². The number of carbonyl (C=O) groups excluding carboxylic acids is 3. The third-order valence-corrected chi connectivity index (χ3v) is 6.97. The number of rotatable bonds is 3. The maximum atomic E-state index is 13.3. The van der Waals surface area contributed by atoms with Gasteiger partial charge >= 0.3 is 6.18 Å². The highest BCUT2D eigenvalue weighted by atomic mass is 19.4. The number of carboxylic acid groups (broad SMARTS) is 1. The lowest BCUT2D eigenvalue weighted by atomic mass is 9.94. The number of halogens is 3. The van der Waals surface area contributed by atoms with Crippen molar-refractivity contribution in [2.45, 2.75) is 43.8 Å². The van der Waals surface area contributed by atoms with Gasteiger partial charge in [0.15, 0.2) is 0 Å². The van der Waals surface area contributed by atoms with Gasteiger partial charge in [0.25, 0.3) is 12.4 Å². The van der Waals surface area contributed by atoms with E-state index in [9.17, 15) is 32.3 Å². The van der Waals surface area contributed by atoms with Gasteiger partial charge in [0.2, 0.25) is 17.4 Å². The van der Waals surface area contributed by atoms with Crippen molar-refractivity contribution < 1.29 is 42.2 Å². The van der Waals surface area contributed by atoms with Crippen molar-refractivity contribution in [2.24, 2.45) is 7.05 Å². The van der Waals surface area contributed by atoms with Gasteiger partial charge < -0.3 is 29.5 Å². The summed E-state index contributed by atoms with van der Waals surface area (Å²) in [6, 6.07) is 9.39. The van der Waals surface area contributed by atoms with E-state index < -0.39 is 42.8 Å². The molecule has 0 spiro atoms. The predicted octanol–water partition coefficient (Wildman–Crippen LogP) is 2.15. The van der Waals surface area contributed by atoms with E-state index in [4.69, 9.17) is 14.6 Å². The molecule has 0 aliphatic carbocycles. The Bertz CT molecular complexity index is 1330. The van der Waals surface area contributed by atoms with Gasteiger partial charge in [0.05, 0.1) is 31.2 Å². The summed E-state index contributed by atoms with van der Waals surface area (Å²) in [6.07, 6.45) is -3.71. The molecule has 1 saturated heterocycles. The molecule has 2 bridgehead atoms. The van der Waals surface area contributed by atoms with Crippen molar-refractivity contribution in [3.63, 3.8) is 0 Å². The van der Waals surface area contributed by atoms with Crippen molar-refractivity contribution in [3.8, 4) is 5.75 Å². The third-order valence-electron chi connectivity index (χ3n) is 6.97. The molecule has 14 heteroatoms. The summed E-state index contributed by atoms with van der Waals surface area (Å²) in [5.74, 6) is -1.26. The molecule has 0 unspecified atom stereocenters. The smallest absolute Gasteiger partial charge is 0.389 e. The number of alkyl halides is 3. The van der Waals surface area contributed by atoms with Gasteiger partial charge in [-0.3, -0.25) is 24.0 Å². The van der Waals surface area contributed by atoms with Gasteiger partial charge in [0, 0.05) is 51.3 Å². The predicted molar refractivity (Wildman–Crippen MR) is 144 cm³/mol. The van der Waals surface area contributed by atoms with Crippen LogP contribution in [0.1, 0.15) is 47.5 Å². The Hall–Kier alpha value is -4.36. The van der Waals surface area contributed by atoms with Crippen molar-refractivity contribution in [3.05, 3.63) is 64.1 Å². The van der Waals surface area contributed by atoms with Crippen molar-refractivity contribution in [1.29, 1.82) is 0 Å². The standard InChI is InChI=1S/C27H31F3N4O5.CH2O2/c1-32-14-19(7-8-24(32)36)26(38)33-11-2-3-12-39-20-6-4-5-18(13-20)21-15-34(16-22(21)31-23(35)17-33)25(37)9-10-27(28,29)30;2-1-3/h4-8,13-14,21-22H,2-3,9-12,15-17H2,1H3,(H,31,35);1H,(H,2,3)/t21-,22+;/m1./s1. The highest BCUT2D eigenvalue weighted by Crippen LogP contribution is 2.31. The number of aryl methyl sites for hydroxylation is 1. The number of benzene rings is 1. The average Bonchev–Trinajstić information content (AvgIpc) is 3.35. The highest BCUT2D eigenvalue weighted by molar-refractivity contribution is 5.96. The summed E-state index contributed by atoms with van der Waals surface area (Å²) in [6.45, 7) is 0.342. The minimum Gasteiger partial charge on any atom is -0.494 e. The molecular formula is C28H33F3N4O7. The first-order valence-corrected chi connectivity index (χ1v) is 13.3. The van der Waals surface area contributed by atoms with E-state index in [-0.39, 0.29) is 49.7 Å². The molecule has 2 atom stereocenters. The molecule has 2 aliphatic rings. The summed E-state index contributed by atoms with van der Waals surface area (Å²) < 4.78 is 45.3. The zero-order valence-electron chi connectivity index (χ0n) is 23.0. The minimum absolute atomic E-state index is 0.0485. The lowest BCUT2D eigenvalue weighted by Crippen LogP contribution is -2.47. The number of hydrogen-bond acceptors (Lipinski definition) is 6. The lowest BCUT2D eigenvalue weighted by Gasteiger charge is -2.26. The second-order valence-electron chi connectivity index (χ2n) is 10.0. The molecule has 1 aromatic heterocycles. The molecule has 0 radical (unpaired) electrons. The lowest BCUT2D eigenvalue weighted by molar-refractivity contribution is -0.148. The number of pyridine rings is 1. The molecule has 1 aromatic carbocycles. The van der Waals surface area contributed by atoms with E-state index >= 15 is 0 Å². The zero-order valence-corrected chi connectivity index (χ0v) is 23.0. The van der Waals surface area contributed by atoms with Crippen LogP contribution < -0.4 is 15.6 Å². The molecule has 3 amide bonds. The van der Waals surface area contributed by atoms with Crippen LogP contribution in [0.15, 0.2) is 47.4 Å². The Balaban J connectivity index is 0.00000155. The van der Waals surface area contributed by atoms with Crippen molar-refractivity contribution in [1.82, 2.24) is 19.7 Å². The van der Waals surface area contributed by atoms with Crippen LogP contribution in [-0.2, 0) is 21.4 Å². The number of nitrogens with one attached hydrogen (secondary N) is 1. The molecule has 4 rings (SSSR count). The van der Waals surface area contributed by atoms with Crippen LogP contribution in [0.25, 0.3) is 0 Å². The number of fused-ring (bicyclic) bond motifs is 4. The summed E-state index contributed by atoms with van der Waals surface area (Å²) in [5, 5.41) is 9.80. The second kappa shape index (κ2) is 14.5. The molecule has 42 heavy (non-hydrogen) atoms. The Labute approximate surface area is 239 Å². The number of carbonyl (C=O) groups is 4. The van der Waals surface area contributed by atoms with E-state index in [1.807, 2.05) is 12.1 Å². The SMILES string of the molecule is Cn1cc(C(=O)N2CCCCOc3cccc(c3)[C@H]3CN(C(=O)CCC(F)(F)F)C[C@@H]3NC(=O)C2)ccc1=O.O=CO. The molecule has 0 saturated carbocycles. The fraction of sp³-hybridized carbons (Fsp3) is 0.464. The van der Waals surface area contributed by atoms with Crippen LogP contribution in [0.3, 0.4) is 0 Å². The maximum absolute atomic E-state index is 13.3. The quantitative estimate of drug-likeness (QED) is 0.520. The Morgan fingerprint density at radius 2 is 1.86 bits per heavy atom. The van der Waals surface area contributed by atoms with Gasteiger partial charge in [-0.25, -0.2) is 0 Å². The number of ether oxygens (including phenoxy) is 1. The summed E-state index contributed by atoms with van der Waals surface area (Å²) in [5.41, 5.74) is 0.781. The number of amides is 3. The average molecular weight is 595 g/mol. The third kappa shape index (κ3) is 9.08. The van der Waals surface area contributed by atoms with Crippen LogP contribution in [0.2, 0.25) is 0 Å². The van der Waals surface area contributed by atoms with Gasteiger partial charge in [-0.2, -0.15) is 13.2 Å². The van der Waals surface area contributed by atoms with Gasteiger partial charge in [-0.15, -0.1) is 0 Å². The first-order chi connectivity index (χ1) is 19.9. The number of nitrogens with zero attached hydrogens (tertiary/aromatic N) is 3. The van der Waals surface area contributed by atoms with Gasteiger partial charge in [-0.05, 0) is 36.6 Å². The topological polar surface area (TPSA) is 138 Å². The van der Waals surface area contributed by atoms with Crippen molar-refractivity contribution in [2.75, 3.05) is 32.8 Å². The van der Waals surface area contributed by atoms with Gasteiger partial charge in [0.1, 0.15) is 5.75 Å². The molecular weight excluding hydrogens is 561 g/mol. The first-order valence-electron chi connectivity index (χ1n) is 13.3. The van der Waals surface area contributed by atoms with Crippen LogP contribution in [-0.4, -0.2) is 88.7 Å². The van der Waals surface area contributed by atoms with Crippen LogP contribution in [0.5, 0.6) is 5.75 Å². The monoisotopic (exact) mass is 594 g/mol. The molecule has 2 aliphatic heterocycles. The Kier molecular flexibility index (Phi) is 11.1. The zero-order chi connectivity index (χ0) is 30.9. The summed E-state index contributed by atoms with van der Waals surface area (Å²) >= 11 is 0. The van der Waals surface area contributed by atoms with Crippen LogP contribution in [0, 0.1) is 0 Å². The number of hydrogen-bond donors (Lipinski definition) is 2. The van der Waals surface area contributed by atoms with Crippen LogP contribution >= 0.6 is 0 Å². The van der Waals surface area contributed by atoms with E-state index in [2.05, 4.69) is 5.32 Å². The van der Waals surface area contributed by atoms with E-state index in [0.29, 0.717) is 25.2 Å². The minimum atomic E-state index is -4.44. The molecule has 228 valence electrons. The summed E-state index contributed by atoms with van der Waals surface area (Å²) in [4.78, 5) is 61.9. The first kappa shape index (κ1) is 32.2. The highest BCUT2D eigenvalue weighted by Gasteiger charge is 2.39. The molecule has 3 heterocycles. The van der Waals surface area contributed by atoms with Crippen LogP contribution in [0.4, 0.5) is 13.2 Å². The number of likely N-dealkylation sites (tertiary alicyclic amines) is 1. The van der Waals surface area contributed by atoms with E-state index in [1.165, 1.54) is 39.7 Å². The Morgan fingerprint density at radius 1 is 1.12 bits per heavy atom. The molecule has 1 fully saturated rings. The maximum Gasteiger partial charge on any atom is 0.389 e. The van der Waals surface area contributed by atoms with Gasteiger partial charge in [-0.1, -0.05) is 12.1 Å². The number of aromatic nitrogens is 1. The Morgan fingerprint density at radius 3 is 2.55 bits per heavy atom. The van der Waals surface area contributed by atoms with E-state index in [1.54, 1.807) is 12.1 Å². The summed E-state index contributed by atoms with van der Waals surface area (Å²) in [7, 11) is 1.53. The molecule has 2 N–H and O–H groups in total. The largest absolute Gasteiger partial charge is 0.494 e. The normalized spacial score (nSPS) is 19.3. The second-order valence-corrected chi connectivity index (χ2v) is 10.0.